The van der Waals surface area contributed by atoms with Gasteiger partial charge in [-0.15, -0.1) is 11.3 Å². The Morgan fingerprint density at radius 2 is 2.05 bits per heavy atom. The number of benzene rings is 1. The molecule has 0 fully saturated rings. The predicted molar refractivity (Wildman–Crippen MR) is 79.6 cm³/mol. The van der Waals surface area contributed by atoms with Gasteiger partial charge in [0.05, 0.1) is 22.8 Å². The number of anilines is 1. The van der Waals surface area contributed by atoms with Crippen LogP contribution >= 0.6 is 34.5 Å². The Bertz CT molecular complexity index is 688. The van der Waals surface area contributed by atoms with Crippen LogP contribution in [0.2, 0.25) is 10.0 Å². The number of thiazole rings is 1. The second-order valence-corrected chi connectivity index (χ2v) is 5.92. The number of hydrogen-bond acceptors (Lipinski definition) is 5. The molecule has 0 aliphatic rings. The lowest BCUT2D eigenvalue weighted by Gasteiger charge is -2.06. The van der Waals surface area contributed by atoms with Gasteiger partial charge in [-0.1, -0.05) is 23.2 Å². The average Bonchev–Trinajstić information content (AvgIpc) is 2.79. The van der Waals surface area contributed by atoms with Crippen molar-refractivity contribution in [2.24, 2.45) is 0 Å². The molecular weight excluding hydrogens is 335 g/mol. The molecule has 21 heavy (non-hydrogen) atoms. The van der Waals surface area contributed by atoms with Gasteiger partial charge in [0.2, 0.25) is 5.91 Å². The number of nitrogens with one attached hydrogen (secondary N) is 1. The Hall–Kier alpha value is -1.63. The topological polar surface area (TPSA) is 82.1 Å². The fourth-order valence-corrected chi connectivity index (χ4v) is 2.83. The summed E-state index contributed by atoms with van der Waals surface area (Å²) in [4.78, 5) is 26.4. The first kappa shape index (κ1) is 15.8. The first-order valence-corrected chi connectivity index (χ1v) is 7.45. The Labute approximate surface area is 134 Å². The van der Waals surface area contributed by atoms with E-state index < -0.39 is 5.97 Å². The molecule has 0 atom stereocenters. The minimum Gasteiger partial charge on any atom is -0.550 e. The number of halogens is 2. The standard InChI is InChI=1S/C13H10Cl2N2O3S/c14-7-1-2-10(9(15)3-7)17-11(18)5-12-16-8(6-21-12)4-13(19)20/h1-3,6H,4-5H2,(H,17,18)(H,19,20)/p-1. The normalized spacial score (nSPS) is 10.4. The molecule has 0 bridgehead atoms. The second-order valence-electron chi connectivity index (χ2n) is 4.13. The zero-order valence-electron chi connectivity index (χ0n) is 10.6. The first-order valence-electron chi connectivity index (χ1n) is 5.82. The molecule has 5 nitrogen and oxygen atoms in total. The summed E-state index contributed by atoms with van der Waals surface area (Å²) in [6.45, 7) is 0. The van der Waals surface area contributed by atoms with Crippen molar-refractivity contribution < 1.29 is 14.7 Å². The highest BCUT2D eigenvalue weighted by Gasteiger charge is 2.10. The van der Waals surface area contributed by atoms with Crippen LogP contribution in [0.3, 0.4) is 0 Å². The molecule has 8 heteroatoms. The predicted octanol–water partition coefficient (Wildman–Crippen LogP) is 1.92. The highest BCUT2D eigenvalue weighted by atomic mass is 35.5. The molecule has 0 saturated heterocycles. The number of amides is 1. The number of aliphatic carboxylic acids is 1. The fraction of sp³-hybridized carbons (Fsp3) is 0.154. The van der Waals surface area contributed by atoms with Gasteiger partial charge in [-0.25, -0.2) is 4.98 Å². The zero-order valence-corrected chi connectivity index (χ0v) is 12.9. The molecule has 1 amide bonds. The van der Waals surface area contributed by atoms with Gasteiger partial charge in [0.15, 0.2) is 0 Å². The summed E-state index contributed by atoms with van der Waals surface area (Å²) in [5.41, 5.74) is 0.838. The number of carbonyl (C=O) groups is 2. The molecule has 0 saturated carbocycles. The Balaban J connectivity index is 1.98. The maximum atomic E-state index is 11.9. The van der Waals surface area contributed by atoms with Crippen molar-refractivity contribution in [1.82, 2.24) is 4.98 Å². The Kier molecular flexibility index (Phi) is 5.17. The van der Waals surface area contributed by atoms with Crippen molar-refractivity contribution >= 4 is 52.1 Å². The van der Waals surface area contributed by atoms with E-state index in [4.69, 9.17) is 23.2 Å². The minimum atomic E-state index is -1.20. The average molecular weight is 344 g/mol. The van der Waals surface area contributed by atoms with Gasteiger partial charge in [-0.2, -0.15) is 0 Å². The molecular formula is C13H9Cl2N2O3S-. The van der Waals surface area contributed by atoms with Crippen molar-refractivity contribution in [3.05, 3.63) is 44.3 Å². The van der Waals surface area contributed by atoms with Crippen LogP contribution in [0, 0.1) is 0 Å². The minimum absolute atomic E-state index is 0.0384. The van der Waals surface area contributed by atoms with Crippen LogP contribution in [-0.4, -0.2) is 16.9 Å². The van der Waals surface area contributed by atoms with Crippen LogP contribution in [0.15, 0.2) is 23.6 Å². The van der Waals surface area contributed by atoms with E-state index in [1.807, 2.05) is 0 Å². The van der Waals surface area contributed by atoms with Crippen molar-refractivity contribution in [3.8, 4) is 0 Å². The number of carbonyl (C=O) groups excluding carboxylic acids is 2. The van der Waals surface area contributed by atoms with E-state index in [-0.39, 0.29) is 18.7 Å². The number of hydrogen-bond donors (Lipinski definition) is 1. The summed E-state index contributed by atoms with van der Waals surface area (Å²) >= 11 is 12.9. The van der Waals surface area contributed by atoms with E-state index in [1.165, 1.54) is 17.4 Å². The Morgan fingerprint density at radius 1 is 1.29 bits per heavy atom. The lowest BCUT2D eigenvalue weighted by Crippen LogP contribution is -2.24. The van der Waals surface area contributed by atoms with Gasteiger partial charge in [0.25, 0.3) is 0 Å². The van der Waals surface area contributed by atoms with E-state index in [0.717, 1.165) is 0 Å². The van der Waals surface area contributed by atoms with Gasteiger partial charge < -0.3 is 15.2 Å². The molecule has 2 aromatic rings. The van der Waals surface area contributed by atoms with Crippen molar-refractivity contribution in [3.63, 3.8) is 0 Å². The molecule has 0 aliphatic carbocycles. The van der Waals surface area contributed by atoms with Crippen molar-refractivity contribution in [2.45, 2.75) is 12.8 Å². The van der Waals surface area contributed by atoms with Crippen molar-refractivity contribution in [1.29, 1.82) is 0 Å². The van der Waals surface area contributed by atoms with Gasteiger partial charge in [0.1, 0.15) is 5.01 Å². The summed E-state index contributed by atoms with van der Waals surface area (Å²) in [7, 11) is 0. The molecule has 110 valence electrons. The van der Waals surface area contributed by atoms with E-state index in [1.54, 1.807) is 17.5 Å². The van der Waals surface area contributed by atoms with Crippen molar-refractivity contribution in [2.75, 3.05) is 5.32 Å². The van der Waals surface area contributed by atoms with Crippen LogP contribution in [0.1, 0.15) is 10.7 Å². The maximum absolute atomic E-state index is 11.9. The lowest BCUT2D eigenvalue weighted by atomic mass is 10.3. The summed E-state index contributed by atoms with van der Waals surface area (Å²) < 4.78 is 0. The quantitative estimate of drug-likeness (QED) is 0.898. The molecule has 1 aromatic heterocycles. The summed E-state index contributed by atoms with van der Waals surface area (Å²) in [5, 5.41) is 16.0. The maximum Gasteiger partial charge on any atom is 0.231 e. The largest absolute Gasteiger partial charge is 0.550 e. The monoisotopic (exact) mass is 343 g/mol. The third-order valence-corrected chi connectivity index (χ3v) is 3.89. The Morgan fingerprint density at radius 3 is 2.71 bits per heavy atom. The smallest absolute Gasteiger partial charge is 0.231 e. The fourth-order valence-electron chi connectivity index (χ4n) is 1.58. The highest BCUT2D eigenvalue weighted by Crippen LogP contribution is 2.25. The molecule has 1 N–H and O–H groups in total. The van der Waals surface area contributed by atoms with E-state index in [2.05, 4.69) is 10.3 Å². The SMILES string of the molecule is O=C([O-])Cc1csc(CC(=O)Nc2ccc(Cl)cc2Cl)n1. The second kappa shape index (κ2) is 6.89. The number of carboxylic acid groups (broad SMARTS) is 1. The zero-order chi connectivity index (χ0) is 15.4. The third kappa shape index (κ3) is 4.70. The van der Waals surface area contributed by atoms with Gasteiger partial charge in [0, 0.05) is 22.8 Å². The molecule has 1 aromatic carbocycles. The van der Waals surface area contributed by atoms with Crippen LogP contribution in [0.4, 0.5) is 5.69 Å². The molecule has 0 radical (unpaired) electrons. The summed E-state index contributed by atoms with van der Waals surface area (Å²) in [6.07, 6.45) is -0.224. The van der Waals surface area contributed by atoms with Gasteiger partial charge in [-0.3, -0.25) is 4.79 Å². The van der Waals surface area contributed by atoms with E-state index >= 15 is 0 Å². The van der Waals surface area contributed by atoms with Crippen LogP contribution in [0.5, 0.6) is 0 Å². The first-order chi connectivity index (χ1) is 9.94. The number of carboxylic acids is 1. The number of aromatic nitrogens is 1. The molecule has 1 heterocycles. The van der Waals surface area contributed by atoms with E-state index in [9.17, 15) is 14.7 Å². The highest BCUT2D eigenvalue weighted by molar-refractivity contribution is 7.09. The van der Waals surface area contributed by atoms with Crippen LogP contribution in [0.25, 0.3) is 0 Å². The molecule has 2 rings (SSSR count). The van der Waals surface area contributed by atoms with Gasteiger partial charge in [-0.05, 0) is 18.2 Å². The molecule has 0 spiro atoms. The third-order valence-electron chi connectivity index (χ3n) is 2.44. The van der Waals surface area contributed by atoms with E-state index in [0.29, 0.717) is 26.4 Å². The number of rotatable bonds is 5. The number of nitrogens with zero attached hydrogens (tertiary/aromatic N) is 1. The molecule has 0 unspecified atom stereocenters. The molecule has 0 aliphatic heterocycles. The summed E-state index contributed by atoms with van der Waals surface area (Å²) in [6, 6.07) is 4.75. The van der Waals surface area contributed by atoms with Gasteiger partial charge >= 0.3 is 0 Å². The van der Waals surface area contributed by atoms with Crippen LogP contribution < -0.4 is 10.4 Å². The summed E-state index contributed by atoms with van der Waals surface area (Å²) in [5.74, 6) is -1.50. The van der Waals surface area contributed by atoms with Crippen LogP contribution in [-0.2, 0) is 22.4 Å². The lowest BCUT2D eigenvalue weighted by molar-refractivity contribution is -0.304.